The molecular formula is C22H21ClFN3O2S. The number of hydrogen-bond donors (Lipinski definition) is 2. The fourth-order valence-electron chi connectivity index (χ4n) is 2.73. The van der Waals surface area contributed by atoms with Gasteiger partial charge in [0.15, 0.2) is 5.13 Å². The Labute approximate surface area is 183 Å². The molecule has 2 amide bonds. The third-order valence-electron chi connectivity index (χ3n) is 4.40. The molecule has 0 unspecified atom stereocenters. The summed E-state index contributed by atoms with van der Waals surface area (Å²) in [5, 5.41) is 7.23. The molecule has 3 aromatic rings. The quantitative estimate of drug-likeness (QED) is 0.562. The SMILES string of the molecule is CC(C)(C)c1ccc(-c2csc(NC(=O)CNC(=O)c3c(F)cccc3Cl)n2)cc1. The number of carbonyl (C=O) groups is 2. The lowest BCUT2D eigenvalue weighted by Gasteiger charge is -2.18. The molecule has 8 heteroatoms. The van der Waals surface area contributed by atoms with Crippen LogP contribution in [0.15, 0.2) is 47.8 Å². The highest BCUT2D eigenvalue weighted by Gasteiger charge is 2.17. The number of amides is 2. The topological polar surface area (TPSA) is 71.1 Å². The van der Waals surface area contributed by atoms with Gasteiger partial charge in [-0.1, -0.05) is 62.7 Å². The summed E-state index contributed by atoms with van der Waals surface area (Å²) in [6.07, 6.45) is 0. The largest absolute Gasteiger partial charge is 0.343 e. The van der Waals surface area contributed by atoms with Crippen LogP contribution in [0.3, 0.4) is 0 Å². The van der Waals surface area contributed by atoms with E-state index in [9.17, 15) is 14.0 Å². The highest BCUT2D eigenvalue weighted by molar-refractivity contribution is 7.14. The maximum Gasteiger partial charge on any atom is 0.256 e. The summed E-state index contributed by atoms with van der Waals surface area (Å²) in [6, 6.07) is 12.1. The summed E-state index contributed by atoms with van der Waals surface area (Å²) >= 11 is 7.14. The van der Waals surface area contributed by atoms with E-state index in [1.165, 1.54) is 29.0 Å². The molecule has 0 spiro atoms. The second kappa shape index (κ2) is 8.93. The summed E-state index contributed by atoms with van der Waals surface area (Å²) < 4.78 is 13.8. The second-order valence-corrected chi connectivity index (χ2v) is 8.96. The molecule has 0 aliphatic carbocycles. The molecule has 0 fully saturated rings. The zero-order valence-corrected chi connectivity index (χ0v) is 18.3. The number of thiazole rings is 1. The summed E-state index contributed by atoms with van der Waals surface area (Å²) in [7, 11) is 0. The van der Waals surface area contributed by atoms with Gasteiger partial charge in [-0.2, -0.15) is 0 Å². The minimum absolute atomic E-state index is 0.0186. The number of nitrogens with one attached hydrogen (secondary N) is 2. The van der Waals surface area contributed by atoms with Crippen molar-refractivity contribution in [3.63, 3.8) is 0 Å². The molecule has 0 bridgehead atoms. The molecule has 1 aromatic heterocycles. The van der Waals surface area contributed by atoms with E-state index in [1.807, 2.05) is 17.5 Å². The normalized spacial score (nSPS) is 11.2. The van der Waals surface area contributed by atoms with Crippen LogP contribution in [0.5, 0.6) is 0 Å². The Bertz CT molecular complexity index is 1050. The van der Waals surface area contributed by atoms with E-state index in [-0.39, 0.29) is 22.5 Å². The molecule has 0 atom stereocenters. The van der Waals surface area contributed by atoms with Gasteiger partial charge in [-0.25, -0.2) is 9.37 Å². The summed E-state index contributed by atoms with van der Waals surface area (Å²) in [4.78, 5) is 28.7. The molecule has 0 aliphatic rings. The van der Waals surface area contributed by atoms with Crippen molar-refractivity contribution in [2.75, 3.05) is 11.9 Å². The van der Waals surface area contributed by atoms with Crippen molar-refractivity contribution < 1.29 is 14.0 Å². The Morgan fingerprint density at radius 2 is 1.83 bits per heavy atom. The van der Waals surface area contributed by atoms with Crippen LogP contribution < -0.4 is 10.6 Å². The van der Waals surface area contributed by atoms with E-state index >= 15 is 0 Å². The van der Waals surface area contributed by atoms with Crippen molar-refractivity contribution in [1.29, 1.82) is 0 Å². The molecule has 30 heavy (non-hydrogen) atoms. The zero-order chi connectivity index (χ0) is 21.9. The van der Waals surface area contributed by atoms with Gasteiger partial charge in [-0.3, -0.25) is 9.59 Å². The summed E-state index contributed by atoms with van der Waals surface area (Å²) in [5.41, 5.74) is 2.69. The fraction of sp³-hybridized carbons (Fsp3) is 0.227. The van der Waals surface area contributed by atoms with E-state index < -0.39 is 17.6 Å². The van der Waals surface area contributed by atoms with E-state index in [1.54, 1.807) is 0 Å². The van der Waals surface area contributed by atoms with Gasteiger partial charge < -0.3 is 10.6 Å². The third kappa shape index (κ3) is 5.23. The molecule has 2 aromatic carbocycles. The van der Waals surface area contributed by atoms with Crippen molar-refractivity contribution in [1.82, 2.24) is 10.3 Å². The van der Waals surface area contributed by atoms with Gasteiger partial charge in [0.1, 0.15) is 5.82 Å². The first-order chi connectivity index (χ1) is 14.1. The van der Waals surface area contributed by atoms with Crippen molar-refractivity contribution in [3.8, 4) is 11.3 Å². The first-order valence-electron chi connectivity index (χ1n) is 9.23. The average Bonchev–Trinajstić information content (AvgIpc) is 3.14. The Balaban J connectivity index is 1.59. The molecule has 2 N–H and O–H groups in total. The Kier molecular flexibility index (Phi) is 6.53. The van der Waals surface area contributed by atoms with Crippen LogP contribution in [0.2, 0.25) is 5.02 Å². The van der Waals surface area contributed by atoms with Gasteiger partial charge in [0, 0.05) is 10.9 Å². The summed E-state index contributed by atoms with van der Waals surface area (Å²) in [5.74, 6) is -1.98. The van der Waals surface area contributed by atoms with Crippen molar-refractivity contribution >= 4 is 39.9 Å². The molecule has 156 valence electrons. The standard InChI is InChI=1S/C22H21ClFN3O2S/c1-22(2,3)14-9-7-13(8-10-14)17-12-30-21(26-17)27-18(28)11-25-20(29)19-15(23)5-4-6-16(19)24/h4-10,12H,11H2,1-3H3,(H,25,29)(H,26,27,28). The smallest absolute Gasteiger partial charge is 0.256 e. The van der Waals surface area contributed by atoms with E-state index in [4.69, 9.17) is 11.6 Å². The van der Waals surface area contributed by atoms with Gasteiger partial charge >= 0.3 is 0 Å². The van der Waals surface area contributed by atoms with Crippen LogP contribution in [-0.2, 0) is 10.2 Å². The van der Waals surface area contributed by atoms with Crippen LogP contribution in [0.25, 0.3) is 11.3 Å². The summed E-state index contributed by atoms with van der Waals surface area (Å²) in [6.45, 7) is 6.12. The van der Waals surface area contributed by atoms with Gasteiger partial charge in [0.25, 0.3) is 5.91 Å². The monoisotopic (exact) mass is 445 g/mol. The van der Waals surface area contributed by atoms with Gasteiger partial charge in [0.05, 0.1) is 22.8 Å². The van der Waals surface area contributed by atoms with Crippen LogP contribution in [0.4, 0.5) is 9.52 Å². The number of carbonyl (C=O) groups excluding carboxylic acids is 2. The minimum atomic E-state index is -0.757. The highest BCUT2D eigenvalue weighted by atomic mass is 35.5. The second-order valence-electron chi connectivity index (χ2n) is 7.69. The molecule has 0 saturated carbocycles. The molecule has 5 nitrogen and oxygen atoms in total. The van der Waals surface area contributed by atoms with Gasteiger partial charge in [0.2, 0.25) is 5.91 Å². The number of nitrogens with zero attached hydrogens (tertiary/aromatic N) is 1. The Morgan fingerprint density at radius 3 is 2.47 bits per heavy atom. The van der Waals surface area contributed by atoms with Crippen molar-refractivity contribution in [2.45, 2.75) is 26.2 Å². The third-order valence-corrected chi connectivity index (χ3v) is 5.47. The lowest BCUT2D eigenvalue weighted by molar-refractivity contribution is -0.115. The highest BCUT2D eigenvalue weighted by Crippen LogP contribution is 2.28. The lowest BCUT2D eigenvalue weighted by atomic mass is 9.86. The van der Waals surface area contributed by atoms with Crippen LogP contribution in [0, 0.1) is 5.82 Å². The van der Waals surface area contributed by atoms with Crippen LogP contribution >= 0.6 is 22.9 Å². The van der Waals surface area contributed by atoms with Gasteiger partial charge in [-0.15, -0.1) is 11.3 Å². The van der Waals surface area contributed by atoms with Crippen molar-refractivity contribution in [3.05, 3.63) is 69.8 Å². The van der Waals surface area contributed by atoms with Crippen molar-refractivity contribution in [2.24, 2.45) is 0 Å². The average molecular weight is 446 g/mol. The molecule has 1 heterocycles. The fourth-order valence-corrected chi connectivity index (χ4v) is 3.72. The van der Waals surface area contributed by atoms with Gasteiger partial charge in [-0.05, 0) is 23.1 Å². The Morgan fingerprint density at radius 1 is 1.13 bits per heavy atom. The lowest BCUT2D eigenvalue weighted by Crippen LogP contribution is -2.33. The number of anilines is 1. The zero-order valence-electron chi connectivity index (χ0n) is 16.8. The van der Waals surface area contributed by atoms with Crippen LogP contribution in [0.1, 0.15) is 36.7 Å². The molecule has 0 radical (unpaired) electrons. The number of rotatable bonds is 5. The number of aromatic nitrogens is 1. The molecular weight excluding hydrogens is 425 g/mol. The Hall–Kier alpha value is -2.77. The van der Waals surface area contributed by atoms with E-state index in [0.29, 0.717) is 5.13 Å². The number of hydrogen-bond acceptors (Lipinski definition) is 4. The predicted molar refractivity (Wildman–Crippen MR) is 119 cm³/mol. The molecule has 0 saturated heterocycles. The first-order valence-corrected chi connectivity index (χ1v) is 10.5. The number of halogens is 2. The maximum absolute atomic E-state index is 13.8. The first kappa shape index (κ1) is 21.9. The number of benzene rings is 2. The minimum Gasteiger partial charge on any atom is -0.343 e. The predicted octanol–water partition coefficient (Wildman–Crippen LogP) is 5.27. The van der Waals surface area contributed by atoms with Crippen LogP contribution in [-0.4, -0.2) is 23.3 Å². The molecule has 3 rings (SSSR count). The molecule has 0 aliphatic heterocycles. The van der Waals surface area contributed by atoms with E-state index in [0.717, 1.165) is 17.3 Å². The van der Waals surface area contributed by atoms with E-state index in [2.05, 4.69) is 48.5 Å². The maximum atomic E-state index is 13.8.